The molecule has 150 valence electrons. The van der Waals surface area contributed by atoms with Crippen molar-refractivity contribution < 1.29 is 29.2 Å². The summed E-state index contributed by atoms with van der Waals surface area (Å²) < 4.78 is 23.7. The minimum absolute atomic E-state index is 0.0478. The maximum Gasteiger partial charge on any atom is 0.186 e. The average Bonchev–Trinajstić information content (AvgIpc) is 3.12. The molecule has 0 aliphatic carbocycles. The van der Waals surface area contributed by atoms with E-state index < -0.39 is 37.0 Å². The molecular weight excluding hydrogens is 407 g/mol. The predicted octanol–water partition coefficient (Wildman–Crippen LogP) is 3.24. The number of hydrogen-bond donors (Lipinski definition) is 2. The molecule has 2 aliphatic heterocycles. The summed E-state index contributed by atoms with van der Waals surface area (Å²) >= 11 is 12.5. The van der Waals surface area contributed by atoms with Crippen LogP contribution in [0.3, 0.4) is 0 Å². The van der Waals surface area contributed by atoms with Gasteiger partial charge in [-0.1, -0.05) is 59.6 Å². The Morgan fingerprint density at radius 3 is 2.00 bits per heavy atom. The number of fused-ring (bicyclic) bond motifs is 1. The largest absolute Gasteiger partial charge is 0.394 e. The molecule has 8 heteroatoms. The lowest BCUT2D eigenvalue weighted by molar-refractivity contribution is -0.239. The highest BCUT2D eigenvalue weighted by Gasteiger charge is 2.48. The quantitative estimate of drug-likeness (QED) is 0.784. The van der Waals surface area contributed by atoms with Gasteiger partial charge in [-0.2, -0.15) is 0 Å². The van der Waals surface area contributed by atoms with Crippen LogP contribution in [0.15, 0.2) is 48.5 Å². The van der Waals surface area contributed by atoms with Crippen molar-refractivity contribution in [3.05, 3.63) is 69.7 Å². The number of ether oxygens (including phenoxy) is 4. The number of benzene rings is 2. The first kappa shape index (κ1) is 20.1. The van der Waals surface area contributed by atoms with Gasteiger partial charge in [0.2, 0.25) is 0 Å². The van der Waals surface area contributed by atoms with Crippen LogP contribution < -0.4 is 0 Å². The predicted molar refractivity (Wildman–Crippen MR) is 102 cm³/mol. The number of halogens is 2. The Bertz CT molecular complexity index is 819. The van der Waals surface area contributed by atoms with Crippen LogP contribution in [0.25, 0.3) is 0 Å². The Kier molecular flexibility index (Phi) is 6.20. The number of aliphatic hydroxyl groups excluding tert-OH is 2. The van der Waals surface area contributed by atoms with E-state index in [0.29, 0.717) is 21.2 Å². The van der Waals surface area contributed by atoms with Gasteiger partial charge >= 0.3 is 0 Å². The third-order valence-corrected chi connectivity index (χ3v) is 5.53. The number of rotatable bonds is 3. The fourth-order valence-corrected chi connectivity index (χ4v) is 3.88. The van der Waals surface area contributed by atoms with Crippen LogP contribution in [-0.4, -0.2) is 47.8 Å². The van der Waals surface area contributed by atoms with Crippen molar-refractivity contribution in [3.63, 3.8) is 0 Å². The maximum atomic E-state index is 10.6. The second kappa shape index (κ2) is 8.65. The van der Waals surface area contributed by atoms with Crippen LogP contribution in [0.5, 0.6) is 0 Å². The van der Waals surface area contributed by atoms with E-state index in [2.05, 4.69) is 0 Å². The Labute approximate surface area is 172 Å². The van der Waals surface area contributed by atoms with Gasteiger partial charge in [-0.05, 0) is 12.1 Å². The summed E-state index contributed by atoms with van der Waals surface area (Å²) in [5, 5.41) is 21.5. The number of aliphatic hydroxyl groups is 2. The van der Waals surface area contributed by atoms with E-state index in [1.807, 2.05) is 12.1 Å². The van der Waals surface area contributed by atoms with E-state index in [1.165, 1.54) is 0 Å². The van der Waals surface area contributed by atoms with E-state index in [-0.39, 0.29) is 13.2 Å². The highest BCUT2D eigenvalue weighted by Crippen LogP contribution is 2.40. The summed E-state index contributed by atoms with van der Waals surface area (Å²) in [5.41, 5.74) is 1.25. The van der Waals surface area contributed by atoms with Crippen LogP contribution in [0.4, 0.5) is 0 Å². The van der Waals surface area contributed by atoms with Crippen LogP contribution >= 0.6 is 23.2 Å². The average molecular weight is 427 g/mol. The molecule has 0 aromatic heterocycles. The normalized spacial score (nSPS) is 33.1. The Morgan fingerprint density at radius 1 is 0.821 bits per heavy atom. The van der Waals surface area contributed by atoms with Gasteiger partial charge in [-0.15, -0.1) is 0 Å². The van der Waals surface area contributed by atoms with Gasteiger partial charge in [0.05, 0.1) is 13.2 Å². The van der Waals surface area contributed by atoms with Crippen LogP contribution in [0.1, 0.15) is 23.7 Å². The molecule has 2 aliphatic rings. The number of hydrogen-bond acceptors (Lipinski definition) is 6. The molecule has 0 radical (unpaired) electrons. The fraction of sp³-hybridized carbons (Fsp3) is 0.400. The standard InChI is InChI=1S/C20H20Cl2O6/c21-13-7-3-1-5-11(13)19-25-10-15(24)17-18(16(9-23)26-19)28-20(27-17)12-6-2-4-8-14(12)22/h1-8,15-20,23-24H,9-10H2/t15-,16+,17+,18+,19?,20?/m0/s1. The molecule has 2 aromatic carbocycles. The third-order valence-electron chi connectivity index (χ3n) is 4.85. The lowest BCUT2D eigenvalue weighted by atomic mass is 10.0. The van der Waals surface area contributed by atoms with Gasteiger partial charge < -0.3 is 29.2 Å². The summed E-state index contributed by atoms with van der Waals surface area (Å²) in [5.74, 6) is 0. The second-order valence-corrected chi connectivity index (χ2v) is 7.48. The summed E-state index contributed by atoms with van der Waals surface area (Å²) in [6, 6.07) is 14.2. The van der Waals surface area contributed by atoms with Gasteiger partial charge in [0, 0.05) is 21.2 Å². The SMILES string of the molecule is OC[C@H]1OC(c2ccccc2Cl)OC[C@H](O)[C@H]2OC(c3ccccc3Cl)O[C@@H]21. The molecule has 0 spiro atoms. The van der Waals surface area contributed by atoms with Crippen LogP contribution in [0, 0.1) is 0 Å². The highest BCUT2D eigenvalue weighted by molar-refractivity contribution is 6.31. The molecule has 6 atom stereocenters. The van der Waals surface area contributed by atoms with E-state index in [0.717, 1.165) is 0 Å². The first-order chi connectivity index (χ1) is 13.6. The third kappa shape index (κ3) is 3.92. The van der Waals surface area contributed by atoms with E-state index in [1.54, 1.807) is 36.4 Å². The zero-order valence-corrected chi connectivity index (χ0v) is 16.3. The monoisotopic (exact) mass is 426 g/mol. The maximum absolute atomic E-state index is 10.6. The molecule has 6 nitrogen and oxygen atoms in total. The molecule has 2 N–H and O–H groups in total. The minimum Gasteiger partial charge on any atom is -0.394 e. The zero-order valence-electron chi connectivity index (χ0n) is 14.8. The lowest BCUT2D eigenvalue weighted by Gasteiger charge is -2.34. The molecule has 2 aromatic rings. The topological polar surface area (TPSA) is 77.4 Å². The van der Waals surface area contributed by atoms with Crippen molar-refractivity contribution in [2.45, 2.75) is 37.0 Å². The lowest BCUT2D eigenvalue weighted by Crippen LogP contribution is -2.49. The highest BCUT2D eigenvalue weighted by atomic mass is 35.5. The van der Waals surface area contributed by atoms with Crippen LogP contribution in [0.2, 0.25) is 10.0 Å². The van der Waals surface area contributed by atoms with E-state index >= 15 is 0 Å². The first-order valence-electron chi connectivity index (χ1n) is 8.94. The Morgan fingerprint density at radius 2 is 1.39 bits per heavy atom. The molecule has 28 heavy (non-hydrogen) atoms. The molecule has 2 saturated heterocycles. The fourth-order valence-electron chi connectivity index (χ4n) is 3.43. The van der Waals surface area contributed by atoms with Gasteiger partial charge in [-0.3, -0.25) is 0 Å². The van der Waals surface area contributed by atoms with Crippen molar-refractivity contribution in [2.24, 2.45) is 0 Å². The van der Waals surface area contributed by atoms with Gasteiger partial charge in [0.25, 0.3) is 0 Å². The molecule has 0 saturated carbocycles. The second-order valence-electron chi connectivity index (χ2n) is 6.67. The van der Waals surface area contributed by atoms with Crippen LogP contribution in [-0.2, 0) is 18.9 Å². The van der Waals surface area contributed by atoms with Gasteiger partial charge in [0.15, 0.2) is 12.6 Å². The van der Waals surface area contributed by atoms with Crippen molar-refractivity contribution in [3.8, 4) is 0 Å². The smallest absolute Gasteiger partial charge is 0.186 e. The molecule has 0 bridgehead atoms. The van der Waals surface area contributed by atoms with Crippen molar-refractivity contribution in [2.75, 3.05) is 13.2 Å². The molecule has 2 fully saturated rings. The Balaban J connectivity index is 1.60. The zero-order chi connectivity index (χ0) is 19.7. The summed E-state index contributed by atoms with van der Waals surface area (Å²) in [4.78, 5) is 0. The first-order valence-corrected chi connectivity index (χ1v) is 9.70. The van der Waals surface area contributed by atoms with Gasteiger partial charge in [0.1, 0.15) is 24.4 Å². The molecule has 0 amide bonds. The summed E-state index contributed by atoms with van der Waals surface area (Å²) in [7, 11) is 0. The Hall–Kier alpha value is -1.22. The van der Waals surface area contributed by atoms with Crippen molar-refractivity contribution in [1.29, 1.82) is 0 Å². The summed E-state index contributed by atoms with van der Waals surface area (Å²) in [6.45, 7) is -0.398. The van der Waals surface area contributed by atoms with E-state index in [9.17, 15) is 10.2 Å². The molecule has 4 rings (SSSR count). The van der Waals surface area contributed by atoms with Gasteiger partial charge in [-0.25, -0.2) is 0 Å². The molecule has 2 unspecified atom stereocenters. The summed E-state index contributed by atoms with van der Waals surface area (Å²) in [6.07, 6.45) is -4.88. The van der Waals surface area contributed by atoms with E-state index in [4.69, 9.17) is 42.1 Å². The van der Waals surface area contributed by atoms with Crippen molar-refractivity contribution >= 4 is 23.2 Å². The minimum atomic E-state index is -0.986. The van der Waals surface area contributed by atoms with Crippen molar-refractivity contribution in [1.82, 2.24) is 0 Å². The molecule has 2 heterocycles. The molecular formula is C20H20Cl2O6.